The third kappa shape index (κ3) is 4.08. The molecule has 1 aliphatic heterocycles. The fraction of sp³-hybridized carbons (Fsp3) is 0.233. The van der Waals surface area contributed by atoms with Gasteiger partial charge in [0.05, 0.1) is 13.2 Å². The van der Waals surface area contributed by atoms with E-state index in [0.29, 0.717) is 17.1 Å². The van der Waals surface area contributed by atoms with Gasteiger partial charge in [-0.2, -0.15) is 0 Å². The Morgan fingerprint density at radius 2 is 1.36 bits per heavy atom. The highest BCUT2D eigenvalue weighted by Crippen LogP contribution is 2.51. The second kappa shape index (κ2) is 10.4. The van der Waals surface area contributed by atoms with Crippen LogP contribution < -0.4 is 9.47 Å². The van der Waals surface area contributed by atoms with E-state index < -0.39 is 5.54 Å². The Bertz CT molecular complexity index is 1230. The Morgan fingerprint density at radius 3 is 1.89 bits per heavy atom. The number of aliphatic hydroxyl groups is 2. The van der Waals surface area contributed by atoms with Crippen LogP contribution >= 0.6 is 0 Å². The zero-order valence-corrected chi connectivity index (χ0v) is 20.0. The largest absolute Gasteiger partial charge is 0.491 e. The van der Waals surface area contributed by atoms with Crippen LogP contribution in [0.1, 0.15) is 39.9 Å². The lowest BCUT2D eigenvalue weighted by molar-refractivity contribution is 0.0758. The Kier molecular flexibility index (Phi) is 6.89. The molecule has 0 fully saturated rings. The van der Waals surface area contributed by atoms with Gasteiger partial charge in [-0.15, -0.1) is 0 Å². The second-order valence-corrected chi connectivity index (χ2v) is 8.70. The Balaban J connectivity index is 1.73. The van der Waals surface area contributed by atoms with Crippen molar-refractivity contribution in [3.63, 3.8) is 0 Å². The molecule has 0 saturated heterocycles. The predicted octanol–water partition coefficient (Wildman–Crippen LogP) is 4.41. The van der Waals surface area contributed by atoms with E-state index in [1.807, 2.05) is 83.8 Å². The van der Waals surface area contributed by atoms with Gasteiger partial charge >= 0.3 is 0 Å². The number of aliphatic hydroxyl groups excluding tert-OH is 2. The van der Waals surface area contributed by atoms with Crippen LogP contribution in [-0.4, -0.2) is 47.4 Å². The first-order valence-corrected chi connectivity index (χ1v) is 12.2. The Labute approximate surface area is 210 Å². The van der Waals surface area contributed by atoms with Gasteiger partial charge in [0.2, 0.25) is 0 Å². The van der Waals surface area contributed by atoms with Gasteiger partial charge in [0.15, 0.2) is 0 Å². The van der Waals surface area contributed by atoms with Gasteiger partial charge in [-0.3, -0.25) is 9.69 Å². The Morgan fingerprint density at radius 1 is 0.778 bits per heavy atom. The van der Waals surface area contributed by atoms with Gasteiger partial charge < -0.3 is 19.7 Å². The standard InChI is InChI=1S/C30H29NO5/c32-18-20-35-25-14-10-22(11-15-25)30(23-12-16-26(17-13-23)36-21-19-33)28-9-5-4-8-27(28)29(34)31(30)24-6-2-1-3-7-24/h2,4-17,32-33H,1,3,18-21H2. The third-order valence-electron chi connectivity index (χ3n) is 6.58. The highest BCUT2D eigenvalue weighted by molar-refractivity contribution is 6.03. The van der Waals surface area contributed by atoms with Crippen LogP contribution in [0.4, 0.5) is 0 Å². The van der Waals surface area contributed by atoms with E-state index in [0.717, 1.165) is 35.2 Å². The van der Waals surface area contributed by atoms with Crippen molar-refractivity contribution in [2.45, 2.75) is 18.4 Å². The van der Waals surface area contributed by atoms with E-state index in [1.165, 1.54) is 0 Å². The molecule has 0 bridgehead atoms. The molecule has 0 saturated carbocycles. The minimum absolute atomic E-state index is 0.0513. The van der Waals surface area contributed by atoms with E-state index in [1.54, 1.807) is 0 Å². The molecular formula is C30H29NO5. The smallest absolute Gasteiger partial charge is 0.259 e. The normalized spacial score (nSPS) is 16.0. The molecule has 0 spiro atoms. The van der Waals surface area contributed by atoms with Gasteiger partial charge in [-0.25, -0.2) is 0 Å². The number of carbonyl (C=O) groups excluding carboxylic acids is 1. The Hall–Kier alpha value is -3.87. The average Bonchev–Trinajstić information content (AvgIpc) is 3.21. The second-order valence-electron chi connectivity index (χ2n) is 8.70. The number of carbonyl (C=O) groups is 1. The maximum absolute atomic E-state index is 14.0. The van der Waals surface area contributed by atoms with Crippen LogP contribution in [0.3, 0.4) is 0 Å². The molecular weight excluding hydrogens is 454 g/mol. The maximum Gasteiger partial charge on any atom is 0.259 e. The number of ether oxygens (including phenoxy) is 2. The molecule has 1 aliphatic carbocycles. The summed E-state index contributed by atoms with van der Waals surface area (Å²) >= 11 is 0. The minimum Gasteiger partial charge on any atom is -0.491 e. The van der Waals surface area contributed by atoms with Gasteiger partial charge in [0, 0.05) is 11.3 Å². The summed E-state index contributed by atoms with van der Waals surface area (Å²) in [6, 6.07) is 23.2. The monoisotopic (exact) mass is 483 g/mol. The topological polar surface area (TPSA) is 79.2 Å². The number of amides is 1. The molecule has 36 heavy (non-hydrogen) atoms. The molecule has 184 valence electrons. The van der Waals surface area contributed by atoms with Crippen LogP contribution in [-0.2, 0) is 5.54 Å². The first-order chi connectivity index (χ1) is 17.7. The zero-order valence-electron chi connectivity index (χ0n) is 20.0. The summed E-state index contributed by atoms with van der Waals surface area (Å²) in [5.41, 5.74) is 3.36. The summed E-state index contributed by atoms with van der Waals surface area (Å²) in [4.78, 5) is 15.9. The molecule has 3 aromatic carbocycles. The highest BCUT2D eigenvalue weighted by atomic mass is 16.5. The van der Waals surface area contributed by atoms with Crippen LogP contribution in [0.15, 0.2) is 96.7 Å². The summed E-state index contributed by atoms with van der Waals surface area (Å²) in [7, 11) is 0. The van der Waals surface area contributed by atoms with Crippen LogP contribution in [0.25, 0.3) is 0 Å². The number of hydrogen-bond acceptors (Lipinski definition) is 5. The third-order valence-corrected chi connectivity index (χ3v) is 6.58. The number of fused-ring (bicyclic) bond motifs is 1. The van der Waals surface area contributed by atoms with E-state index in [2.05, 4.69) is 12.2 Å². The lowest BCUT2D eigenvalue weighted by Crippen LogP contribution is -2.45. The molecule has 2 aliphatic rings. The molecule has 6 nitrogen and oxygen atoms in total. The van der Waals surface area contributed by atoms with E-state index in [4.69, 9.17) is 19.7 Å². The number of hydrogen-bond donors (Lipinski definition) is 2. The van der Waals surface area contributed by atoms with Crippen molar-refractivity contribution < 1.29 is 24.5 Å². The molecule has 5 rings (SSSR count). The zero-order chi connectivity index (χ0) is 25.0. The predicted molar refractivity (Wildman–Crippen MR) is 137 cm³/mol. The maximum atomic E-state index is 14.0. The highest BCUT2D eigenvalue weighted by Gasteiger charge is 2.53. The average molecular weight is 484 g/mol. The van der Waals surface area contributed by atoms with E-state index in [9.17, 15) is 4.79 Å². The minimum atomic E-state index is -0.911. The van der Waals surface area contributed by atoms with Crippen LogP contribution in [0, 0.1) is 0 Å². The van der Waals surface area contributed by atoms with Gasteiger partial charge in [0.25, 0.3) is 5.91 Å². The van der Waals surface area contributed by atoms with Gasteiger partial charge in [0.1, 0.15) is 30.3 Å². The number of allylic oxidation sites excluding steroid dienone is 3. The number of rotatable bonds is 9. The molecule has 1 amide bonds. The van der Waals surface area contributed by atoms with Gasteiger partial charge in [-0.05, 0) is 65.9 Å². The molecule has 0 aromatic heterocycles. The van der Waals surface area contributed by atoms with Crippen molar-refractivity contribution in [3.8, 4) is 11.5 Å². The molecule has 0 atom stereocenters. The first-order valence-electron chi connectivity index (χ1n) is 12.2. The van der Waals surface area contributed by atoms with Crippen molar-refractivity contribution in [2.24, 2.45) is 0 Å². The molecule has 0 radical (unpaired) electrons. The molecule has 3 aromatic rings. The van der Waals surface area contributed by atoms with Gasteiger partial charge in [-0.1, -0.05) is 54.6 Å². The van der Waals surface area contributed by atoms with Crippen molar-refractivity contribution in [3.05, 3.63) is 119 Å². The van der Waals surface area contributed by atoms with Crippen molar-refractivity contribution >= 4 is 5.91 Å². The SMILES string of the molecule is O=C1c2ccccc2C(c2ccc(OCCO)cc2)(c2ccc(OCCO)cc2)N1C1=CCCC=C1. The van der Waals surface area contributed by atoms with E-state index >= 15 is 0 Å². The quantitative estimate of drug-likeness (QED) is 0.471. The summed E-state index contributed by atoms with van der Waals surface area (Å²) in [6.45, 7) is 0.300. The number of nitrogens with zero attached hydrogens (tertiary/aromatic N) is 1. The van der Waals surface area contributed by atoms with Crippen LogP contribution in [0.5, 0.6) is 11.5 Å². The summed E-state index contributed by atoms with van der Waals surface area (Å²) in [5.74, 6) is 1.25. The summed E-state index contributed by atoms with van der Waals surface area (Å²) in [6.07, 6.45) is 8.06. The molecule has 6 heteroatoms. The fourth-order valence-corrected chi connectivity index (χ4v) is 5.10. The first kappa shape index (κ1) is 23.9. The van der Waals surface area contributed by atoms with Crippen LogP contribution in [0.2, 0.25) is 0 Å². The summed E-state index contributed by atoms with van der Waals surface area (Å²) in [5, 5.41) is 18.3. The van der Waals surface area contributed by atoms with Crippen molar-refractivity contribution in [1.29, 1.82) is 0 Å². The summed E-state index contributed by atoms with van der Waals surface area (Å²) < 4.78 is 11.2. The molecule has 1 heterocycles. The lowest BCUT2D eigenvalue weighted by Gasteiger charge is -2.41. The molecule has 2 N–H and O–H groups in total. The number of benzene rings is 3. The molecule has 0 unspecified atom stereocenters. The lowest BCUT2D eigenvalue weighted by atomic mass is 9.76. The van der Waals surface area contributed by atoms with E-state index in [-0.39, 0.29) is 32.3 Å². The van der Waals surface area contributed by atoms with Crippen molar-refractivity contribution in [1.82, 2.24) is 4.90 Å². The fourth-order valence-electron chi connectivity index (χ4n) is 5.10. The van der Waals surface area contributed by atoms with Crippen molar-refractivity contribution in [2.75, 3.05) is 26.4 Å².